The molecule has 0 atom stereocenters. The number of amides is 2. The summed E-state index contributed by atoms with van der Waals surface area (Å²) in [7, 11) is 0. The minimum absolute atomic E-state index is 0.0932. The molecule has 3 aromatic heterocycles. The number of nitrogens with one attached hydrogen (secondary N) is 1. The monoisotopic (exact) mass is 590 g/mol. The Kier molecular flexibility index (Phi) is 7.69. The predicted molar refractivity (Wildman–Crippen MR) is 154 cm³/mol. The minimum atomic E-state index is -1.23. The fourth-order valence-corrected chi connectivity index (χ4v) is 4.83. The Hall–Kier alpha value is -5.15. The second-order valence-corrected chi connectivity index (χ2v) is 11.0. The molecule has 0 saturated carbocycles. The van der Waals surface area contributed by atoms with Gasteiger partial charge in [0, 0.05) is 22.8 Å². The van der Waals surface area contributed by atoms with Crippen LogP contribution in [0.2, 0.25) is 0 Å². The standard InChI is InChI=1S/C27H26N8O6S/c1-27(2,3)41-26(40)34(20-7-8-21-17(12-20)13-29-35(21)25(38)39)24-32-31-23(42-24)16-5-4-6-19(11-16)30-22(37)18-14-28-33(15-18)9-10-36/h4-8,11-15,36H,9-10H2,1-3H3,(H,30,37)(H,38,39). The summed E-state index contributed by atoms with van der Waals surface area (Å²) < 4.78 is 7.96. The van der Waals surface area contributed by atoms with Gasteiger partial charge in [-0.3, -0.25) is 9.48 Å². The zero-order chi connectivity index (χ0) is 30.0. The van der Waals surface area contributed by atoms with Crippen LogP contribution in [0.3, 0.4) is 0 Å². The Morgan fingerprint density at radius 2 is 1.88 bits per heavy atom. The lowest BCUT2D eigenvalue weighted by Gasteiger charge is -2.25. The van der Waals surface area contributed by atoms with Gasteiger partial charge in [0.2, 0.25) is 5.13 Å². The van der Waals surface area contributed by atoms with E-state index in [1.165, 1.54) is 22.0 Å². The lowest BCUT2D eigenvalue weighted by molar-refractivity contribution is 0.0598. The molecule has 5 rings (SSSR count). The van der Waals surface area contributed by atoms with Gasteiger partial charge in [0.15, 0.2) is 0 Å². The second-order valence-electron chi connectivity index (χ2n) is 10.0. The van der Waals surface area contributed by atoms with Gasteiger partial charge in [-0.25, -0.2) is 14.5 Å². The van der Waals surface area contributed by atoms with Crippen LogP contribution in [-0.2, 0) is 11.3 Å². The Labute approximate surface area is 242 Å². The van der Waals surface area contributed by atoms with Crippen molar-refractivity contribution in [2.75, 3.05) is 16.8 Å². The molecule has 14 nitrogen and oxygen atoms in total. The summed E-state index contributed by atoms with van der Waals surface area (Å²) in [6, 6.07) is 11.7. The number of carbonyl (C=O) groups excluding carboxylic acids is 2. The molecule has 0 bridgehead atoms. The molecule has 0 saturated heterocycles. The molecule has 0 aliphatic carbocycles. The molecule has 3 N–H and O–H groups in total. The molecule has 0 unspecified atom stereocenters. The minimum Gasteiger partial charge on any atom is -0.463 e. The number of anilines is 3. The van der Waals surface area contributed by atoms with Crippen LogP contribution in [0, 0.1) is 0 Å². The van der Waals surface area contributed by atoms with Gasteiger partial charge in [-0.2, -0.15) is 14.9 Å². The van der Waals surface area contributed by atoms with Gasteiger partial charge in [-0.05, 0) is 51.1 Å². The van der Waals surface area contributed by atoms with Crippen molar-refractivity contribution in [3.63, 3.8) is 0 Å². The Balaban J connectivity index is 1.44. The largest absolute Gasteiger partial charge is 0.463 e. The molecule has 0 aliphatic heterocycles. The molecule has 3 heterocycles. The topological polar surface area (TPSA) is 178 Å². The number of ether oxygens (including phenoxy) is 1. The summed E-state index contributed by atoms with van der Waals surface area (Å²) in [6.07, 6.45) is 2.43. The summed E-state index contributed by atoms with van der Waals surface area (Å²) in [6.45, 7) is 5.41. The van der Waals surface area contributed by atoms with Crippen molar-refractivity contribution in [3.8, 4) is 10.6 Å². The smallest absolute Gasteiger partial charge is 0.432 e. The van der Waals surface area contributed by atoms with Crippen LogP contribution in [0.4, 0.5) is 26.1 Å². The van der Waals surface area contributed by atoms with E-state index in [0.29, 0.717) is 38.4 Å². The summed E-state index contributed by atoms with van der Waals surface area (Å²) in [5.74, 6) is -0.369. The van der Waals surface area contributed by atoms with E-state index in [1.54, 1.807) is 69.4 Å². The van der Waals surface area contributed by atoms with E-state index in [4.69, 9.17) is 9.84 Å². The molecule has 0 radical (unpaired) electrons. The van der Waals surface area contributed by atoms with Crippen LogP contribution >= 0.6 is 11.3 Å². The Morgan fingerprint density at radius 1 is 1.07 bits per heavy atom. The van der Waals surface area contributed by atoms with Gasteiger partial charge in [0.05, 0.1) is 42.3 Å². The third-order valence-electron chi connectivity index (χ3n) is 5.76. The maximum absolute atomic E-state index is 13.4. The number of hydrogen-bond acceptors (Lipinski definition) is 10. The molecule has 0 spiro atoms. The Morgan fingerprint density at radius 3 is 2.62 bits per heavy atom. The van der Waals surface area contributed by atoms with Crippen LogP contribution in [0.15, 0.2) is 61.1 Å². The maximum atomic E-state index is 13.4. The van der Waals surface area contributed by atoms with Crippen molar-refractivity contribution in [3.05, 3.63) is 66.6 Å². The molecule has 5 aromatic rings. The highest BCUT2D eigenvalue weighted by Crippen LogP contribution is 2.36. The SMILES string of the molecule is CC(C)(C)OC(=O)N(c1ccc2c(cnn2C(=O)O)c1)c1nnc(-c2cccc(NC(=O)c3cnn(CCO)c3)c2)s1. The number of hydrogen-bond donors (Lipinski definition) is 3. The highest BCUT2D eigenvalue weighted by atomic mass is 32.1. The number of aliphatic hydroxyl groups excluding tert-OH is 1. The fraction of sp³-hybridized carbons (Fsp3) is 0.222. The van der Waals surface area contributed by atoms with E-state index in [2.05, 4.69) is 25.7 Å². The van der Waals surface area contributed by atoms with Crippen molar-refractivity contribution in [2.24, 2.45) is 0 Å². The van der Waals surface area contributed by atoms with E-state index >= 15 is 0 Å². The van der Waals surface area contributed by atoms with Gasteiger partial charge in [-0.1, -0.05) is 23.5 Å². The van der Waals surface area contributed by atoms with Gasteiger partial charge < -0.3 is 20.3 Å². The number of rotatable bonds is 7. The number of fused-ring (bicyclic) bond motifs is 1. The lowest BCUT2D eigenvalue weighted by atomic mass is 10.2. The zero-order valence-electron chi connectivity index (χ0n) is 22.8. The molecular formula is C27H26N8O6S. The van der Waals surface area contributed by atoms with Gasteiger partial charge in [0.1, 0.15) is 10.6 Å². The first-order valence-corrected chi connectivity index (χ1v) is 13.5. The molecule has 42 heavy (non-hydrogen) atoms. The van der Waals surface area contributed by atoms with E-state index < -0.39 is 17.8 Å². The average Bonchev–Trinajstić information content (AvgIpc) is 3.68. The van der Waals surface area contributed by atoms with Crippen molar-refractivity contribution in [1.29, 1.82) is 0 Å². The summed E-state index contributed by atoms with van der Waals surface area (Å²) in [4.78, 5) is 38.8. The van der Waals surface area contributed by atoms with E-state index in [-0.39, 0.29) is 24.2 Å². The van der Waals surface area contributed by atoms with Crippen LogP contribution in [0.25, 0.3) is 21.5 Å². The average molecular weight is 591 g/mol. The zero-order valence-corrected chi connectivity index (χ0v) is 23.6. The first kappa shape index (κ1) is 28.4. The van der Waals surface area contributed by atoms with Crippen LogP contribution in [-0.4, -0.2) is 70.3 Å². The van der Waals surface area contributed by atoms with Crippen molar-refractivity contribution >= 4 is 56.8 Å². The quantitative estimate of drug-likeness (QED) is 0.243. The molecule has 216 valence electrons. The second kappa shape index (κ2) is 11.4. The molecule has 2 aromatic carbocycles. The van der Waals surface area contributed by atoms with Crippen LogP contribution in [0.5, 0.6) is 0 Å². The number of carbonyl (C=O) groups is 3. The number of benzene rings is 2. The molecule has 15 heteroatoms. The lowest BCUT2D eigenvalue weighted by Crippen LogP contribution is -2.33. The number of aromatic nitrogens is 6. The molecular weight excluding hydrogens is 564 g/mol. The van der Waals surface area contributed by atoms with Gasteiger partial charge in [0.25, 0.3) is 5.91 Å². The fourth-order valence-electron chi connectivity index (χ4n) is 3.97. The third kappa shape index (κ3) is 6.11. The first-order chi connectivity index (χ1) is 20.0. The van der Waals surface area contributed by atoms with E-state index in [0.717, 1.165) is 16.0 Å². The Bertz CT molecular complexity index is 1790. The van der Waals surface area contributed by atoms with E-state index in [9.17, 15) is 19.5 Å². The van der Waals surface area contributed by atoms with Gasteiger partial charge in [-0.15, -0.1) is 10.2 Å². The summed E-state index contributed by atoms with van der Waals surface area (Å²) in [5, 5.41) is 38.9. The van der Waals surface area contributed by atoms with Crippen molar-refractivity contribution in [1.82, 2.24) is 29.8 Å². The maximum Gasteiger partial charge on any atom is 0.432 e. The number of nitrogens with zero attached hydrogens (tertiary/aromatic N) is 7. The normalized spacial score (nSPS) is 11.4. The summed E-state index contributed by atoms with van der Waals surface area (Å²) >= 11 is 1.13. The molecule has 2 amide bonds. The number of aliphatic hydroxyl groups is 1. The molecule has 0 aliphatic rings. The van der Waals surface area contributed by atoms with Crippen LogP contribution in [0.1, 0.15) is 31.1 Å². The summed E-state index contributed by atoms with van der Waals surface area (Å²) in [5.41, 5.74) is 1.43. The highest BCUT2D eigenvalue weighted by molar-refractivity contribution is 7.18. The van der Waals surface area contributed by atoms with Crippen LogP contribution < -0.4 is 10.2 Å². The highest BCUT2D eigenvalue weighted by Gasteiger charge is 2.28. The van der Waals surface area contributed by atoms with Crippen molar-refractivity contribution in [2.45, 2.75) is 32.9 Å². The predicted octanol–water partition coefficient (Wildman–Crippen LogP) is 4.60. The molecule has 0 fully saturated rings. The van der Waals surface area contributed by atoms with Gasteiger partial charge >= 0.3 is 12.2 Å². The third-order valence-corrected chi connectivity index (χ3v) is 6.72. The van der Waals surface area contributed by atoms with E-state index in [1.807, 2.05) is 0 Å². The first-order valence-electron chi connectivity index (χ1n) is 12.7. The number of carboxylic acid groups (broad SMARTS) is 1. The van der Waals surface area contributed by atoms with Crippen molar-refractivity contribution < 1.29 is 29.3 Å².